The van der Waals surface area contributed by atoms with Gasteiger partial charge in [0.15, 0.2) is 6.61 Å². The molecule has 0 aliphatic heterocycles. The van der Waals surface area contributed by atoms with Gasteiger partial charge in [-0.25, -0.2) is 4.98 Å². The molecule has 0 saturated heterocycles. The van der Waals surface area contributed by atoms with Crippen LogP contribution in [0.25, 0.3) is 10.9 Å². The highest BCUT2D eigenvalue weighted by Crippen LogP contribution is 2.22. The summed E-state index contributed by atoms with van der Waals surface area (Å²) in [5.74, 6) is -0.470. The predicted molar refractivity (Wildman–Crippen MR) is 109 cm³/mol. The molecule has 0 saturated carbocycles. The van der Waals surface area contributed by atoms with Crippen molar-refractivity contribution in [1.29, 1.82) is 0 Å². The lowest BCUT2D eigenvalue weighted by Crippen LogP contribution is -2.20. The Hall–Kier alpha value is -4.02. The normalized spacial score (nSPS) is 11.5. The molecule has 1 amide bonds. The van der Waals surface area contributed by atoms with Crippen LogP contribution in [0.5, 0.6) is 5.88 Å². The fraction of sp³-hybridized carbons (Fsp3) is 0.190. The number of hydrogen-bond donors (Lipinski definition) is 1. The highest BCUT2D eigenvalue weighted by atomic mass is 19.4. The number of carbonyl (C=O) groups is 1. The second-order valence-corrected chi connectivity index (χ2v) is 6.98. The molecule has 0 bridgehead atoms. The minimum Gasteiger partial charge on any atom is -0.468 e. The van der Waals surface area contributed by atoms with Gasteiger partial charge in [0.2, 0.25) is 5.88 Å². The van der Waals surface area contributed by atoms with Gasteiger partial charge in [0.1, 0.15) is 5.69 Å². The third kappa shape index (κ3) is 4.99. The van der Waals surface area contributed by atoms with Crippen LogP contribution in [0.3, 0.4) is 0 Å². The molecule has 4 rings (SSSR count). The van der Waals surface area contributed by atoms with Crippen LogP contribution < -0.4 is 10.1 Å². The number of nitrogens with zero attached hydrogens (tertiary/aromatic N) is 5. The van der Waals surface area contributed by atoms with Gasteiger partial charge in [0.05, 0.1) is 29.3 Å². The van der Waals surface area contributed by atoms with Crippen molar-refractivity contribution in [3.05, 3.63) is 72.1 Å². The summed E-state index contributed by atoms with van der Waals surface area (Å²) in [5, 5.41) is 7.75. The molecule has 4 aromatic rings. The first kappa shape index (κ1) is 21.2. The summed E-state index contributed by atoms with van der Waals surface area (Å²) in [7, 11) is 0. The van der Waals surface area contributed by atoms with E-state index < -0.39 is 18.7 Å². The third-order valence-electron chi connectivity index (χ3n) is 4.42. The predicted octanol–water partition coefficient (Wildman–Crippen LogP) is 3.77. The summed E-state index contributed by atoms with van der Waals surface area (Å²) >= 11 is 0. The van der Waals surface area contributed by atoms with Crippen LogP contribution in [0.4, 0.5) is 18.9 Å². The number of amides is 1. The number of pyridine rings is 3. The highest BCUT2D eigenvalue weighted by molar-refractivity contribution is 6.10. The largest absolute Gasteiger partial charge is 0.468 e. The second-order valence-electron chi connectivity index (χ2n) is 6.98. The van der Waals surface area contributed by atoms with Crippen LogP contribution in [-0.4, -0.2) is 43.4 Å². The average molecular weight is 442 g/mol. The molecule has 0 aromatic carbocycles. The maximum atomic E-state index is 12.7. The standard InChI is InChI=1S/C21H17F3N6O2/c1-13-7-14(8-27-20(13)32-12-21(22,23)24)10-30-11-16-17(29-30)4-6-26-18(16)19(31)28-15-3-2-5-25-9-15/h2-9,11H,10,12H2,1H3,(H,28,31). The van der Waals surface area contributed by atoms with Gasteiger partial charge in [-0.15, -0.1) is 0 Å². The number of hydrogen-bond acceptors (Lipinski definition) is 6. The number of ether oxygens (including phenoxy) is 1. The summed E-state index contributed by atoms with van der Waals surface area (Å²) < 4.78 is 43.4. The molecule has 0 fully saturated rings. The van der Waals surface area contributed by atoms with E-state index in [9.17, 15) is 18.0 Å². The topological polar surface area (TPSA) is 94.8 Å². The first-order valence-corrected chi connectivity index (χ1v) is 9.47. The zero-order chi connectivity index (χ0) is 22.7. The summed E-state index contributed by atoms with van der Waals surface area (Å²) in [6, 6.07) is 6.78. The number of rotatable bonds is 6. The minimum absolute atomic E-state index is 0.0738. The summed E-state index contributed by atoms with van der Waals surface area (Å²) in [5.41, 5.74) is 2.51. The van der Waals surface area contributed by atoms with E-state index in [-0.39, 0.29) is 11.6 Å². The molecule has 4 aromatic heterocycles. The van der Waals surface area contributed by atoms with E-state index in [4.69, 9.17) is 4.74 Å². The van der Waals surface area contributed by atoms with E-state index in [0.717, 1.165) is 0 Å². The van der Waals surface area contributed by atoms with Crippen LogP contribution in [-0.2, 0) is 6.54 Å². The minimum atomic E-state index is -4.43. The Morgan fingerprint density at radius 1 is 1.19 bits per heavy atom. The van der Waals surface area contributed by atoms with Gasteiger partial charge in [-0.1, -0.05) is 0 Å². The molecule has 4 heterocycles. The van der Waals surface area contributed by atoms with Gasteiger partial charge in [-0.2, -0.15) is 18.3 Å². The molecule has 0 unspecified atom stereocenters. The first-order valence-electron chi connectivity index (χ1n) is 9.47. The van der Waals surface area contributed by atoms with E-state index in [1.807, 2.05) is 0 Å². The van der Waals surface area contributed by atoms with E-state index in [2.05, 4.69) is 25.4 Å². The Bertz CT molecular complexity index is 1260. The Kier molecular flexibility index (Phi) is 5.71. The average Bonchev–Trinajstić information content (AvgIpc) is 3.15. The Labute approximate surface area is 180 Å². The van der Waals surface area contributed by atoms with Gasteiger partial charge in [0, 0.05) is 30.4 Å². The highest BCUT2D eigenvalue weighted by Gasteiger charge is 2.29. The fourth-order valence-electron chi connectivity index (χ4n) is 3.08. The molecule has 164 valence electrons. The molecule has 0 spiro atoms. The van der Waals surface area contributed by atoms with E-state index in [1.54, 1.807) is 48.3 Å². The van der Waals surface area contributed by atoms with Crippen molar-refractivity contribution >= 4 is 22.5 Å². The molecule has 0 atom stereocenters. The van der Waals surface area contributed by atoms with Crippen molar-refractivity contribution in [2.75, 3.05) is 11.9 Å². The van der Waals surface area contributed by atoms with Crippen LogP contribution in [0.2, 0.25) is 0 Å². The maximum Gasteiger partial charge on any atom is 0.422 e. The number of fused-ring (bicyclic) bond motifs is 1. The van der Waals surface area contributed by atoms with Gasteiger partial charge >= 0.3 is 6.18 Å². The molecule has 1 N–H and O–H groups in total. The number of alkyl halides is 3. The van der Waals surface area contributed by atoms with Gasteiger partial charge in [0.25, 0.3) is 5.91 Å². The van der Waals surface area contributed by atoms with E-state index in [1.165, 1.54) is 18.6 Å². The Morgan fingerprint density at radius 3 is 2.75 bits per heavy atom. The lowest BCUT2D eigenvalue weighted by atomic mass is 10.2. The van der Waals surface area contributed by atoms with E-state index >= 15 is 0 Å². The Balaban J connectivity index is 1.53. The molecule has 0 aliphatic carbocycles. The van der Waals surface area contributed by atoms with Gasteiger partial charge in [-0.05, 0) is 36.8 Å². The molecule has 0 aliphatic rings. The smallest absolute Gasteiger partial charge is 0.422 e. The molecular weight excluding hydrogens is 425 g/mol. The molecule has 0 radical (unpaired) electrons. The zero-order valence-corrected chi connectivity index (χ0v) is 16.8. The lowest BCUT2D eigenvalue weighted by Gasteiger charge is -2.11. The van der Waals surface area contributed by atoms with Crippen molar-refractivity contribution in [3.63, 3.8) is 0 Å². The summed E-state index contributed by atoms with van der Waals surface area (Å²) in [4.78, 5) is 24.8. The SMILES string of the molecule is Cc1cc(Cn2cc3c(C(=O)Nc4cccnc4)nccc3n2)cnc1OCC(F)(F)F. The summed E-state index contributed by atoms with van der Waals surface area (Å²) in [6.45, 7) is 0.514. The second kappa shape index (κ2) is 8.61. The van der Waals surface area contributed by atoms with E-state index in [0.29, 0.717) is 34.3 Å². The monoisotopic (exact) mass is 442 g/mol. The third-order valence-corrected chi connectivity index (χ3v) is 4.42. The number of carbonyl (C=O) groups excluding carboxylic acids is 1. The molecule has 8 nitrogen and oxygen atoms in total. The maximum absolute atomic E-state index is 12.7. The number of halogens is 3. The molecule has 11 heteroatoms. The van der Waals surface area contributed by atoms with Gasteiger partial charge < -0.3 is 10.1 Å². The van der Waals surface area contributed by atoms with Crippen molar-refractivity contribution in [2.45, 2.75) is 19.6 Å². The quantitative estimate of drug-likeness (QED) is 0.489. The molecule has 32 heavy (non-hydrogen) atoms. The number of nitrogens with one attached hydrogen (secondary N) is 1. The van der Waals surface area contributed by atoms with Crippen LogP contribution in [0, 0.1) is 6.92 Å². The van der Waals surface area contributed by atoms with Gasteiger partial charge in [-0.3, -0.25) is 19.4 Å². The van der Waals surface area contributed by atoms with Crippen molar-refractivity contribution in [3.8, 4) is 5.88 Å². The van der Waals surface area contributed by atoms with Crippen molar-refractivity contribution < 1.29 is 22.7 Å². The van der Waals surface area contributed by atoms with Crippen LogP contribution in [0.1, 0.15) is 21.6 Å². The molecular formula is C21H17F3N6O2. The zero-order valence-electron chi connectivity index (χ0n) is 16.8. The van der Waals surface area contributed by atoms with Crippen LogP contribution in [0.15, 0.2) is 55.2 Å². The van der Waals surface area contributed by atoms with Crippen LogP contribution >= 0.6 is 0 Å². The fourth-order valence-corrected chi connectivity index (χ4v) is 3.08. The Morgan fingerprint density at radius 2 is 2.03 bits per heavy atom. The number of aryl methyl sites for hydroxylation is 1. The van der Waals surface area contributed by atoms with Crippen molar-refractivity contribution in [2.24, 2.45) is 0 Å². The summed E-state index contributed by atoms with van der Waals surface area (Å²) in [6.07, 6.45) is 3.31. The first-order chi connectivity index (χ1) is 15.3. The number of aromatic nitrogens is 5. The lowest BCUT2D eigenvalue weighted by molar-refractivity contribution is -0.154. The van der Waals surface area contributed by atoms with Crippen molar-refractivity contribution in [1.82, 2.24) is 24.7 Å². The number of anilines is 1.